The Morgan fingerprint density at radius 3 is 1.27 bits per heavy atom. The van der Waals surface area contributed by atoms with Gasteiger partial charge in [0.05, 0.1) is 5.32 Å². The molecule has 8 aromatic carbocycles. The van der Waals surface area contributed by atoms with E-state index in [1.165, 1.54) is 41.8 Å². The summed E-state index contributed by atoms with van der Waals surface area (Å²) in [5.41, 5.74) is 3.40. The van der Waals surface area contributed by atoms with Gasteiger partial charge in [-0.2, -0.15) is 0 Å². The normalized spacial score (nSPS) is 12.9. The molecule has 0 atom stereocenters. The number of hydrogen-bond acceptors (Lipinski definition) is 1. The Kier molecular flexibility index (Phi) is 8.55. The number of aromatic nitrogens is 1. The third kappa shape index (κ3) is 5.14. The number of fused-ring (bicyclic) bond motifs is 2. The predicted molar refractivity (Wildman–Crippen MR) is 239 cm³/mol. The van der Waals surface area contributed by atoms with Crippen LogP contribution in [-0.2, 0) is 0 Å². The van der Waals surface area contributed by atoms with E-state index >= 15 is 0 Å². The largest absolute Gasteiger partial charge is 0.455 e. The molecule has 0 unspecified atom stereocenters. The molecular weight excluding hydrogens is 711 g/mol. The highest BCUT2D eigenvalue weighted by atomic mass is 28.3. The molecule has 1 aromatic heterocycles. The molecule has 0 saturated carbocycles. The molecule has 56 heavy (non-hydrogen) atoms. The van der Waals surface area contributed by atoms with Crippen molar-refractivity contribution in [3.63, 3.8) is 0 Å². The molecule has 9 aromatic rings. The standard InChI is InChI=1S/C52H39NOSi2/c1-8-24-40(25-9-1)49-50-52(56(45-34-18-6-19-35-45,46-36-20-7-21-37-46)48-39-23-22-38-47(48)54-50)53(41-26-10-2-11-27-41)51(49)55(42-28-12-3-13-29-42,43-30-14-4-15-31-43)44-32-16-5-17-33-44/h1-39H. The van der Waals surface area contributed by atoms with Crippen LogP contribution >= 0.6 is 0 Å². The van der Waals surface area contributed by atoms with Gasteiger partial charge in [0.1, 0.15) is 5.75 Å². The van der Waals surface area contributed by atoms with Gasteiger partial charge in [0, 0.05) is 16.6 Å². The Hall–Kier alpha value is -6.73. The maximum absolute atomic E-state index is 7.54. The van der Waals surface area contributed by atoms with E-state index in [9.17, 15) is 0 Å². The Balaban J connectivity index is 1.53. The van der Waals surface area contributed by atoms with E-state index in [1.807, 2.05) is 0 Å². The number of benzene rings is 8. The van der Waals surface area contributed by atoms with E-state index in [0.717, 1.165) is 28.3 Å². The third-order valence-electron chi connectivity index (χ3n) is 11.5. The molecule has 0 aliphatic carbocycles. The van der Waals surface area contributed by atoms with E-state index < -0.39 is 16.1 Å². The molecule has 0 bridgehead atoms. The molecular formula is C52H39NOSi2. The quantitative estimate of drug-likeness (QED) is 0.121. The Labute approximate surface area is 330 Å². The third-order valence-corrected chi connectivity index (χ3v) is 21.0. The SMILES string of the molecule is c1ccc(-c2c3c(n(-c4ccccc4)c2[Si](c2ccccc2)(c2ccccc2)c2ccccc2)[Si](c2ccccc2)(c2ccccc2)c2ccccc2O3)cc1. The predicted octanol–water partition coefficient (Wildman–Crippen LogP) is 7.00. The van der Waals surface area contributed by atoms with Crippen molar-refractivity contribution in [2.45, 2.75) is 0 Å². The van der Waals surface area contributed by atoms with Crippen LogP contribution < -0.4 is 46.5 Å². The first-order chi connectivity index (χ1) is 27.8. The van der Waals surface area contributed by atoms with Crippen LogP contribution in [0.1, 0.15) is 0 Å². The van der Waals surface area contributed by atoms with E-state index in [1.54, 1.807) is 0 Å². The first-order valence-corrected chi connectivity index (χ1v) is 23.3. The van der Waals surface area contributed by atoms with Crippen LogP contribution in [0.3, 0.4) is 0 Å². The molecule has 1 aliphatic rings. The minimum Gasteiger partial charge on any atom is -0.455 e. The molecule has 0 N–H and O–H groups in total. The topological polar surface area (TPSA) is 14.2 Å². The molecule has 4 heteroatoms. The minimum atomic E-state index is -3.23. The molecule has 1 aliphatic heterocycles. The maximum Gasteiger partial charge on any atom is 0.208 e. The van der Waals surface area contributed by atoms with Crippen molar-refractivity contribution < 1.29 is 4.74 Å². The smallest absolute Gasteiger partial charge is 0.208 e. The van der Waals surface area contributed by atoms with Crippen molar-refractivity contribution in [2.24, 2.45) is 0 Å². The number of hydrogen-bond donors (Lipinski definition) is 0. The first-order valence-electron chi connectivity index (χ1n) is 19.3. The average Bonchev–Trinajstić information content (AvgIpc) is 3.63. The summed E-state index contributed by atoms with van der Waals surface area (Å²) in [5, 5.41) is 10.3. The lowest BCUT2D eigenvalue weighted by Crippen LogP contribution is -2.80. The molecule has 0 amide bonds. The van der Waals surface area contributed by atoms with Crippen molar-refractivity contribution >= 4 is 57.9 Å². The molecule has 266 valence electrons. The second-order valence-electron chi connectivity index (χ2n) is 14.4. The summed E-state index contributed by atoms with van der Waals surface area (Å²) in [6.07, 6.45) is 0. The lowest BCUT2D eigenvalue weighted by Gasteiger charge is -2.40. The van der Waals surface area contributed by atoms with Crippen molar-refractivity contribution in [3.8, 4) is 28.3 Å². The van der Waals surface area contributed by atoms with Crippen molar-refractivity contribution in [1.29, 1.82) is 0 Å². The second kappa shape index (κ2) is 14.2. The van der Waals surface area contributed by atoms with Gasteiger partial charge in [-0.1, -0.05) is 218 Å². The van der Waals surface area contributed by atoms with Crippen molar-refractivity contribution in [2.75, 3.05) is 0 Å². The van der Waals surface area contributed by atoms with E-state index in [0.29, 0.717) is 0 Å². The van der Waals surface area contributed by atoms with Gasteiger partial charge in [0.25, 0.3) is 0 Å². The van der Waals surface area contributed by atoms with E-state index in [4.69, 9.17) is 4.74 Å². The summed E-state index contributed by atoms with van der Waals surface area (Å²) in [4.78, 5) is 0. The van der Waals surface area contributed by atoms with Crippen LogP contribution in [0.4, 0.5) is 0 Å². The fraction of sp³-hybridized carbons (Fsp3) is 0. The van der Waals surface area contributed by atoms with Gasteiger partial charge in [-0.25, -0.2) is 0 Å². The average molecular weight is 750 g/mol. The van der Waals surface area contributed by atoms with Crippen LogP contribution in [0.2, 0.25) is 0 Å². The summed E-state index contributed by atoms with van der Waals surface area (Å²) < 4.78 is 10.2. The number of rotatable bonds is 8. The molecule has 0 spiro atoms. The number of ether oxygens (including phenoxy) is 1. The Morgan fingerprint density at radius 2 is 0.786 bits per heavy atom. The summed E-state index contributed by atoms with van der Waals surface area (Å²) in [6, 6.07) is 87.2. The molecule has 2 nitrogen and oxygen atoms in total. The van der Waals surface area contributed by atoms with Crippen LogP contribution in [0.5, 0.6) is 11.5 Å². The first kappa shape index (κ1) is 33.8. The fourth-order valence-electron chi connectivity index (χ4n) is 9.26. The summed E-state index contributed by atoms with van der Waals surface area (Å²) in [5.74, 6) is 1.85. The highest BCUT2D eigenvalue weighted by Crippen LogP contribution is 2.40. The van der Waals surface area contributed by atoms with Gasteiger partial charge < -0.3 is 9.30 Å². The van der Waals surface area contributed by atoms with Gasteiger partial charge in [-0.05, 0) is 54.9 Å². The van der Waals surface area contributed by atoms with E-state index in [2.05, 4.69) is 241 Å². The number of nitrogens with zero attached hydrogens (tertiary/aromatic N) is 1. The monoisotopic (exact) mass is 749 g/mol. The van der Waals surface area contributed by atoms with Crippen LogP contribution in [0.25, 0.3) is 16.8 Å². The fourth-order valence-corrected chi connectivity index (χ4v) is 19.6. The zero-order valence-corrected chi connectivity index (χ0v) is 32.9. The molecule has 10 rings (SSSR count). The number of para-hydroxylation sites is 2. The Morgan fingerprint density at radius 1 is 0.393 bits per heavy atom. The summed E-state index contributed by atoms with van der Waals surface area (Å²) in [6.45, 7) is 0. The zero-order chi connectivity index (χ0) is 37.4. The Bertz CT molecular complexity index is 2600. The van der Waals surface area contributed by atoms with Gasteiger partial charge in [-0.15, -0.1) is 0 Å². The van der Waals surface area contributed by atoms with Crippen LogP contribution in [-0.4, -0.2) is 20.7 Å². The summed E-state index contributed by atoms with van der Waals surface area (Å²) in [7, 11) is -6.40. The van der Waals surface area contributed by atoms with Gasteiger partial charge in [-0.3, -0.25) is 0 Å². The maximum atomic E-state index is 7.54. The van der Waals surface area contributed by atoms with Crippen LogP contribution in [0.15, 0.2) is 237 Å². The molecule has 2 heterocycles. The van der Waals surface area contributed by atoms with Crippen molar-refractivity contribution in [1.82, 2.24) is 4.57 Å². The van der Waals surface area contributed by atoms with Gasteiger partial charge in [0.15, 0.2) is 5.75 Å². The van der Waals surface area contributed by atoms with Crippen LogP contribution in [0, 0.1) is 0 Å². The minimum absolute atomic E-state index is 0.916. The lowest BCUT2D eigenvalue weighted by atomic mass is 10.1. The second-order valence-corrected chi connectivity index (χ2v) is 21.7. The highest BCUT2D eigenvalue weighted by molar-refractivity contribution is 7.22. The van der Waals surface area contributed by atoms with Gasteiger partial charge >= 0.3 is 0 Å². The molecule has 0 fully saturated rings. The highest BCUT2D eigenvalue weighted by Gasteiger charge is 2.56. The zero-order valence-electron chi connectivity index (χ0n) is 30.9. The summed E-state index contributed by atoms with van der Waals surface area (Å²) >= 11 is 0. The van der Waals surface area contributed by atoms with E-state index in [-0.39, 0.29) is 0 Å². The molecule has 0 radical (unpaired) electrons. The molecule has 0 saturated heterocycles. The lowest BCUT2D eigenvalue weighted by molar-refractivity contribution is 0.489. The van der Waals surface area contributed by atoms with Crippen molar-refractivity contribution in [3.05, 3.63) is 237 Å². The van der Waals surface area contributed by atoms with Gasteiger partial charge in [0.2, 0.25) is 16.1 Å².